The summed E-state index contributed by atoms with van der Waals surface area (Å²) in [6.45, 7) is 5.17. The van der Waals surface area contributed by atoms with Crippen LogP contribution in [0.25, 0.3) is 0 Å². The van der Waals surface area contributed by atoms with Gasteiger partial charge in [0, 0.05) is 44.1 Å². The number of guanidine groups is 1. The second-order valence-corrected chi connectivity index (χ2v) is 7.08. The van der Waals surface area contributed by atoms with Crippen molar-refractivity contribution in [1.29, 1.82) is 0 Å². The van der Waals surface area contributed by atoms with Gasteiger partial charge in [0.25, 0.3) is 0 Å². The van der Waals surface area contributed by atoms with Gasteiger partial charge in [-0.2, -0.15) is 0 Å². The molecule has 2 heterocycles. The van der Waals surface area contributed by atoms with E-state index in [1.54, 1.807) is 0 Å². The van der Waals surface area contributed by atoms with Gasteiger partial charge in [0.15, 0.2) is 5.96 Å². The van der Waals surface area contributed by atoms with E-state index in [1.165, 1.54) is 5.56 Å². The van der Waals surface area contributed by atoms with Gasteiger partial charge in [0.1, 0.15) is 0 Å². The van der Waals surface area contributed by atoms with Crippen molar-refractivity contribution in [3.8, 4) is 0 Å². The molecule has 1 fully saturated rings. The second-order valence-electron chi connectivity index (χ2n) is 6.64. The van der Waals surface area contributed by atoms with Crippen LogP contribution in [-0.2, 0) is 6.42 Å². The van der Waals surface area contributed by atoms with Gasteiger partial charge in [-0.05, 0) is 36.5 Å². The number of piperidine rings is 1. The molecule has 2 atom stereocenters. The number of aromatic nitrogens is 2. The third-order valence-corrected chi connectivity index (χ3v) is 5.20. The van der Waals surface area contributed by atoms with E-state index in [-0.39, 0.29) is 0 Å². The summed E-state index contributed by atoms with van der Waals surface area (Å²) < 4.78 is 2.22. The summed E-state index contributed by atoms with van der Waals surface area (Å²) in [6, 6.07) is 8.46. The van der Waals surface area contributed by atoms with E-state index in [1.807, 2.05) is 31.7 Å². The minimum atomic E-state index is 0.436. The molecule has 2 unspecified atom stereocenters. The van der Waals surface area contributed by atoms with Crippen LogP contribution in [0.5, 0.6) is 0 Å². The molecule has 0 radical (unpaired) electrons. The quantitative estimate of drug-likeness (QED) is 0.673. The highest BCUT2D eigenvalue weighted by molar-refractivity contribution is 6.30. The van der Waals surface area contributed by atoms with Gasteiger partial charge in [-0.15, -0.1) is 0 Å². The molecule has 1 aliphatic heterocycles. The van der Waals surface area contributed by atoms with Crippen LogP contribution in [0.2, 0.25) is 5.02 Å². The highest BCUT2D eigenvalue weighted by Crippen LogP contribution is 2.27. The molecule has 3 rings (SSSR count). The van der Waals surface area contributed by atoms with Crippen molar-refractivity contribution in [1.82, 2.24) is 19.8 Å². The number of aliphatic imine (C=N–C) groups is 1. The first-order valence-corrected chi connectivity index (χ1v) is 9.22. The molecule has 1 saturated heterocycles. The number of hydrogen-bond donors (Lipinski definition) is 1. The molecule has 0 saturated carbocycles. The smallest absolute Gasteiger partial charge is 0.193 e. The number of nitrogens with zero attached hydrogens (tertiary/aromatic N) is 4. The Morgan fingerprint density at radius 3 is 2.84 bits per heavy atom. The molecule has 0 spiro atoms. The third-order valence-electron chi connectivity index (χ3n) is 4.95. The minimum absolute atomic E-state index is 0.436. The Kier molecular flexibility index (Phi) is 5.97. The van der Waals surface area contributed by atoms with Crippen molar-refractivity contribution >= 4 is 17.6 Å². The Morgan fingerprint density at radius 1 is 1.36 bits per heavy atom. The van der Waals surface area contributed by atoms with E-state index in [0.717, 1.165) is 43.5 Å². The van der Waals surface area contributed by atoms with Gasteiger partial charge in [-0.1, -0.05) is 30.7 Å². The van der Waals surface area contributed by atoms with Crippen molar-refractivity contribution in [2.45, 2.75) is 25.8 Å². The first-order chi connectivity index (χ1) is 12.2. The van der Waals surface area contributed by atoms with Crippen LogP contribution >= 0.6 is 11.6 Å². The van der Waals surface area contributed by atoms with Crippen molar-refractivity contribution in [3.05, 3.63) is 53.6 Å². The fourth-order valence-electron chi connectivity index (χ4n) is 3.40. The average Bonchev–Trinajstić information content (AvgIpc) is 3.15. The molecule has 0 aliphatic carbocycles. The standard InChI is InChI=1S/C19H26ClN5/c1-15-8-11-24(13-18(15)25-12-10-22-14-25)19(21-2)23-9-7-16-3-5-17(20)6-4-16/h3-6,10,12,14-15,18H,7-9,11,13H2,1-2H3,(H,21,23). The Bertz CT molecular complexity index is 680. The molecule has 25 heavy (non-hydrogen) atoms. The predicted octanol–water partition coefficient (Wildman–Crippen LogP) is 3.24. The predicted molar refractivity (Wildman–Crippen MR) is 103 cm³/mol. The molecule has 6 heteroatoms. The third kappa shape index (κ3) is 4.54. The second kappa shape index (κ2) is 8.39. The number of imidazole rings is 1. The Morgan fingerprint density at radius 2 is 2.16 bits per heavy atom. The molecule has 1 aromatic carbocycles. The van der Waals surface area contributed by atoms with Crippen molar-refractivity contribution in [2.24, 2.45) is 10.9 Å². The monoisotopic (exact) mass is 359 g/mol. The summed E-state index contributed by atoms with van der Waals surface area (Å²) in [6.07, 6.45) is 7.93. The Balaban J connectivity index is 1.56. The highest BCUT2D eigenvalue weighted by Gasteiger charge is 2.28. The van der Waals surface area contributed by atoms with Gasteiger partial charge in [0.05, 0.1) is 12.4 Å². The van der Waals surface area contributed by atoms with Crippen LogP contribution in [-0.4, -0.2) is 47.1 Å². The molecule has 5 nitrogen and oxygen atoms in total. The van der Waals surface area contributed by atoms with Crippen molar-refractivity contribution in [3.63, 3.8) is 0 Å². The van der Waals surface area contributed by atoms with Gasteiger partial charge in [-0.3, -0.25) is 4.99 Å². The Hall–Kier alpha value is -2.01. The molecule has 1 N–H and O–H groups in total. The summed E-state index contributed by atoms with van der Waals surface area (Å²) in [5, 5.41) is 4.28. The molecule has 0 bridgehead atoms. The van der Waals surface area contributed by atoms with Crippen LogP contribution < -0.4 is 5.32 Å². The van der Waals surface area contributed by atoms with E-state index < -0.39 is 0 Å². The summed E-state index contributed by atoms with van der Waals surface area (Å²) in [4.78, 5) is 11.0. The largest absolute Gasteiger partial charge is 0.356 e. The zero-order valence-corrected chi connectivity index (χ0v) is 15.7. The van der Waals surface area contributed by atoms with Crippen LogP contribution in [0.4, 0.5) is 0 Å². The topological polar surface area (TPSA) is 45.5 Å². The average molecular weight is 360 g/mol. The zero-order valence-electron chi connectivity index (χ0n) is 14.9. The van der Waals surface area contributed by atoms with Crippen LogP contribution in [0.1, 0.15) is 24.9 Å². The van der Waals surface area contributed by atoms with Gasteiger partial charge >= 0.3 is 0 Å². The molecule has 1 aliphatic rings. The summed E-state index contributed by atoms with van der Waals surface area (Å²) >= 11 is 5.94. The van der Waals surface area contributed by atoms with E-state index in [4.69, 9.17) is 11.6 Å². The first-order valence-electron chi connectivity index (χ1n) is 8.85. The summed E-state index contributed by atoms with van der Waals surface area (Å²) in [5.74, 6) is 1.61. The Labute approximate surface area is 154 Å². The fraction of sp³-hybridized carbons (Fsp3) is 0.474. The number of halogens is 1. The van der Waals surface area contributed by atoms with Crippen molar-refractivity contribution in [2.75, 3.05) is 26.7 Å². The number of hydrogen-bond acceptors (Lipinski definition) is 2. The summed E-state index contributed by atoms with van der Waals surface area (Å²) in [5.41, 5.74) is 1.27. The zero-order chi connectivity index (χ0) is 17.6. The number of rotatable bonds is 4. The number of likely N-dealkylation sites (tertiary alicyclic amines) is 1. The maximum absolute atomic E-state index is 5.94. The fourth-order valence-corrected chi connectivity index (χ4v) is 3.52. The summed E-state index contributed by atoms with van der Waals surface area (Å²) in [7, 11) is 1.86. The number of benzene rings is 1. The highest BCUT2D eigenvalue weighted by atomic mass is 35.5. The van der Waals surface area contributed by atoms with Gasteiger partial charge in [0.2, 0.25) is 0 Å². The van der Waals surface area contributed by atoms with Gasteiger partial charge < -0.3 is 14.8 Å². The lowest BCUT2D eigenvalue weighted by Gasteiger charge is -2.39. The molecular weight excluding hydrogens is 334 g/mol. The maximum atomic E-state index is 5.94. The van der Waals surface area contributed by atoms with Crippen molar-refractivity contribution < 1.29 is 0 Å². The maximum Gasteiger partial charge on any atom is 0.193 e. The minimum Gasteiger partial charge on any atom is -0.356 e. The van der Waals surface area contributed by atoms with Crippen LogP contribution in [0, 0.1) is 5.92 Å². The molecule has 2 aromatic rings. The molecule has 0 amide bonds. The first kappa shape index (κ1) is 17.8. The SMILES string of the molecule is CN=C(NCCc1ccc(Cl)cc1)N1CCC(C)C(n2ccnc2)C1. The lowest BCUT2D eigenvalue weighted by molar-refractivity contribution is 0.189. The molecular formula is C19H26ClN5. The molecule has 1 aromatic heterocycles. The van der Waals surface area contributed by atoms with E-state index >= 15 is 0 Å². The van der Waals surface area contributed by atoms with E-state index in [2.05, 4.69) is 50.0 Å². The normalized spacial score (nSPS) is 21.4. The van der Waals surface area contributed by atoms with E-state index in [9.17, 15) is 0 Å². The van der Waals surface area contributed by atoms with Crippen LogP contribution in [0.3, 0.4) is 0 Å². The van der Waals surface area contributed by atoms with Gasteiger partial charge in [-0.25, -0.2) is 4.98 Å². The van der Waals surface area contributed by atoms with Crippen LogP contribution in [0.15, 0.2) is 48.0 Å². The lowest BCUT2D eigenvalue weighted by atomic mass is 9.93. The molecule has 134 valence electrons. The van der Waals surface area contributed by atoms with E-state index in [0.29, 0.717) is 12.0 Å². The lowest BCUT2D eigenvalue weighted by Crippen LogP contribution is -2.49. The number of nitrogens with one attached hydrogen (secondary N) is 1.